The molecule has 1 aromatic heterocycles. The van der Waals surface area contributed by atoms with E-state index >= 15 is 0 Å². The van der Waals surface area contributed by atoms with Crippen LogP contribution in [0.25, 0.3) is 5.57 Å². The van der Waals surface area contributed by atoms with Crippen molar-refractivity contribution in [1.29, 1.82) is 0 Å². The number of fused-ring (bicyclic) bond motifs is 1. The van der Waals surface area contributed by atoms with E-state index in [0.29, 0.717) is 39.1 Å². The molecule has 7 nitrogen and oxygen atoms in total. The van der Waals surface area contributed by atoms with Gasteiger partial charge in [-0.05, 0) is 44.9 Å². The Morgan fingerprint density at radius 3 is 2.53 bits per heavy atom. The summed E-state index contributed by atoms with van der Waals surface area (Å²) < 4.78 is 13.4. The number of nitrogens with zero attached hydrogens (tertiary/aromatic N) is 3. The van der Waals surface area contributed by atoms with Gasteiger partial charge in [0.1, 0.15) is 12.3 Å². The summed E-state index contributed by atoms with van der Waals surface area (Å²) in [5.41, 5.74) is 3.37. The third kappa shape index (κ3) is 5.82. The first kappa shape index (κ1) is 22.7. The normalized spacial score (nSPS) is 17.2. The molecule has 0 aromatic carbocycles. The average molecular weight is 434 g/mol. The number of carbonyl (C=O) groups is 2. The van der Waals surface area contributed by atoms with E-state index in [0.717, 1.165) is 35.2 Å². The molecule has 8 heteroatoms. The van der Waals surface area contributed by atoms with Crippen molar-refractivity contribution in [1.82, 2.24) is 14.7 Å². The van der Waals surface area contributed by atoms with Crippen molar-refractivity contribution in [3.8, 4) is 0 Å². The van der Waals surface area contributed by atoms with E-state index in [1.807, 2.05) is 25.5 Å². The number of allylic oxidation sites excluding steroid dienone is 2. The summed E-state index contributed by atoms with van der Waals surface area (Å²) in [6.45, 7) is 14.8. The summed E-state index contributed by atoms with van der Waals surface area (Å²) >= 11 is 0. The average Bonchev–Trinajstić information content (AvgIpc) is 3.19. The van der Waals surface area contributed by atoms with E-state index in [1.54, 1.807) is 11.0 Å². The Labute approximate surface area is 180 Å². The highest BCUT2D eigenvalue weighted by molar-refractivity contribution is 6.76. The van der Waals surface area contributed by atoms with Gasteiger partial charge in [0.25, 0.3) is 0 Å². The van der Waals surface area contributed by atoms with Gasteiger partial charge in [-0.2, -0.15) is 5.10 Å². The van der Waals surface area contributed by atoms with Crippen molar-refractivity contribution < 1.29 is 19.1 Å². The van der Waals surface area contributed by atoms with Crippen LogP contribution in [-0.2, 0) is 34.0 Å². The number of amides is 1. The molecule has 0 radical (unpaired) electrons. The third-order valence-corrected chi connectivity index (χ3v) is 6.98. The van der Waals surface area contributed by atoms with E-state index in [-0.39, 0.29) is 11.9 Å². The van der Waals surface area contributed by atoms with Crippen molar-refractivity contribution in [3.05, 3.63) is 23.0 Å². The Morgan fingerprint density at radius 1 is 1.20 bits per heavy atom. The highest BCUT2D eigenvalue weighted by atomic mass is 28.3. The van der Waals surface area contributed by atoms with Crippen LogP contribution in [0.3, 0.4) is 0 Å². The monoisotopic (exact) mass is 433 g/mol. The van der Waals surface area contributed by atoms with Gasteiger partial charge in [0, 0.05) is 45.3 Å². The SMILES string of the molecule is CC(C)(C)OC(=O)N1CCc2c(c(C3=CC(=O)CC3)nn2COCC[Si](C)(C)C)C1. The zero-order valence-electron chi connectivity index (χ0n) is 19.2. The Hall–Kier alpha value is -1.93. The van der Waals surface area contributed by atoms with Crippen LogP contribution in [0.4, 0.5) is 4.79 Å². The lowest BCUT2D eigenvalue weighted by molar-refractivity contribution is -0.114. The number of hydrogen-bond acceptors (Lipinski definition) is 5. The molecule has 3 rings (SSSR count). The maximum absolute atomic E-state index is 12.6. The minimum Gasteiger partial charge on any atom is -0.444 e. The van der Waals surface area contributed by atoms with Crippen LogP contribution >= 0.6 is 0 Å². The predicted octanol–water partition coefficient (Wildman–Crippen LogP) is 4.23. The number of carbonyl (C=O) groups excluding carboxylic acids is 2. The molecule has 0 spiro atoms. The molecule has 0 unspecified atom stereocenters. The number of ketones is 1. The molecular weight excluding hydrogens is 398 g/mol. The largest absolute Gasteiger partial charge is 0.444 e. The van der Waals surface area contributed by atoms with Crippen molar-refractivity contribution in [2.45, 2.75) is 84.6 Å². The molecule has 0 atom stereocenters. The highest BCUT2D eigenvalue weighted by Gasteiger charge is 2.32. The van der Waals surface area contributed by atoms with Gasteiger partial charge < -0.3 is 14.4 Å². The fraction of sp³-hybridized carbons (Fsp3) is 0.682. The topological polar surface area (TPSA) is 73.7 Å². The summed E-state index contributed by atoms with van der Waals surface area (Å²) in [6, 6.07) is 1.11. The van der Waals surface area contributed by atoms with Crippen LogP contribution in [0.2, 0.25) is 25.7 Å². The summed E-state index contributed by atoms with van der Waals surface area (Å²) in [5, 5.41) is 4.81. The Morgan fingerprint density at radius 2 is 1.93 bits per heavy atom. The van der Waals surface area contributed by atoms with E-state index in [1.165, 1.54) is 0 Å². The van der Waals surface area contributed by atoms with E-state index in [9.17, 15) is 9.59 Å². The van der Waals surface area contributed by atoms with Gasteiger partial charge in [-0.15, -0.1) is 0 Å². The van der Waals surface area contributed by atoms with Gasteiger partial charge in [0.15, 0.2) is 5.78 Å². The quantitative estimate of drug-likeness (QED) is 0.496. The molecule has 1 aliphatic heterocycles. The Balaban J connectivity index is 1.80. The molecular formula is C22H35N3O4Si. The summed E-state index contributed by atoms with van der Waals surface area (Å²) in [4.78, 5) is 26.2. The fourth-order valence-corrected chi connectivity index (χ4v) is 4.41. The summed E-state index contributed by atoms with van der Waals surface area (Å²) in [6.07, 6.45) is 3.31. The molecule has 1 aliphatic carbocycles. The standard InChI is InChI=1S/C22H35N3O4Si/c1-22(2,3)29-21(27)24-10-9-19-18(14-24)20(16-7-8-17(26)13-16)23-25(19)15-28-11-12-30(4,5)6/h13H,7-12,14-15H2,1-6H3. The molecule has 2 aliphatic rings. The van der Waals surface area contributed by atoms with Crippen LogP contribution in [0.15, 0.2) is 6.08 Å². The van der Waals surface area contributed by atoms with Crippen LogP contribution in [0.1, 0.15) is 50.6 Å². The first-order valence-corrected chi connectivity index (χ1v) is 14.5. The van der Waals surface area contributed by atoms with Gasteiger partial charge in [0.05, 0.1) is 12.2 Å². The van der Waals surface area contributed by atoms with E-state index in [2.05, 4.69) is 19.6 Å². The first-order chi connectivity index (χ1) is 13.9. The Kier molecular flexibility index (Phi) is 6.57. The molecule has 1 amide bonds. The zero-order chi connectivity index (χ0) is 22.1. The number of ether oxygens (including phenoxy) is 2. The van der Waals surface area contributed by atoms with Crippen LogP contribution in [0.5, 0.6) is 0 Å². The minimum absolute atomic E-state index is 0.138. The lowest BCUT2D eigenvalue weighted by Gasteiger charge is -2.30. The zero-order valence-corrected chi connectivity index (χ0v) is 20.2. The lowest BCUT2D eigenvalue weighted by atomic mass is 10.0. The number of aromatic nitrogens is 2. The van der Waals surface area contributed by atoms with Gasteiger partial charge in [-0.1, -0.05) is 19.6 Å². The van der Waals surface area contributed by atoms with Crippen LogP contribution in [0, 0.1) is 0 Å². The van der Waals surface area contributed by atoms with Gasteiger partial charge in [-0.3, -0.25) is 4.79 Å². The summed E-state index contributed by atoms with van der Waals surface area (Å²) in [5.74, 6) is 0.138. The van der Waals surface area contributed by atoms with Crippen molar-refractivity contribution in [2.24, 2.45) is 0 Å². The number of rotatable bonds is 6. The van der Waals surface area contributed by atoms with E-state index < -0.39 is 13.7 Å². The molecule has 1 aromatic rings. The smallest absolute Gasteiger partial charge is 0.410 e. The molecule has 0 bridgehead atoms. The molecule has 30 heavy (non-hydrogen) atoms. The van der Waals surface area contributed by atoms with Crippen LogP contribution in [-0.4, -0.2) is 53.4 Å². The second-order valence-corrected chi connectivity index (χ2v) is 16.0. The summed E-state index contributed by atoms with van der Waals surface area (Å²) in [7, 11) is -1.15. The third-order valence-electron chi connectivity index (χ3n) is 5.28. The Bertz CT molecular complexity index is 846. The maximum Gasteiger partial charge on any atom is 0.410 e. The van der Waals surface area contributed by atoms with Crippen molar-refractivity contribution in [3.63, 3.8) is 0 Å². The first-order valence-electron chi connectivity index (χ1n) is 10.8. The molecule has 166 valence electrons. The molecule has 0 N–H and O–H groups in total. The van der Waals surface area contributed by atoms with Crippen molar-refractivity contribution >= 4 is 25.5 Å². The molecule has 2 heterocycles. The molecule has 0 saturated carbocycles. The second kappa shape index (κ2) is 8.67. The maximum atomic E-state index is 12.6. The van der Waals surface area contributed by atoms with E-state index in [4.69, 9.17) is 14.6 Å². The predicted molar refractivity (Wildman–Crippen MR) is 119 cm³/mol. The van der Waals surface area contributed by atoms with Gasteiger partial charge in [-0.25, -0.2) is 9.48 Å². The van der Waals surface area contributed by atoms with Crippen LogP contribution < -0.4 is 0 Å². The minimum atomic E-state index is -1.15. The lowest BCUT2D eigenvalue weighted by Crippen LogP contribution is -2.40. The molecule has 0 saturated heterocycles. The van der Waals surface area contributed by atoms with Gasteiger partial charge >= 0.3 is 6.09 Å². The van der Waals surface area contributed by atoms with Gasteiger partial charge in [0.2, 0.25) is 0 Å². The van der Waals surface area contributed by atoms with Crippen molar-refractivity contribution in [2.75, 3.05) is 13.2 Å². The number of hydrogen-bond donors (Lipinski definition) is 0. The second-order valence-electron chi connectivity index (χ2n) is 10.4. The highest BCUT2D eigenvalue weighted by Crippen LogP contribution is 2.33. The molecule has 0 fully saturated rings. The fourth-order valence-electron chi connectivity index (χ4n) is 3.65.